The molecule has 2 aromatic rings. The Bertz CT molecular complexity index is 2010. The molecule has 0 radical (unpaired) electrons. The molecule has 1 spiro atoms. The third-order valence-electron chi connectivity index (χ3n) is 15.4. The zero-order valence-corrected chi connectivity index (χ0v) is 34.9. The summed E-state index contributed by atoms with van der Waals surface area (Å²) in [6.45, 7) is 1.67. The summed E-state index contributed by atoms with van der Waals surface area (Å²) < 4.78 is 5.49. The first-order valence-corrected chi connectivity index (χ1v) is 22.5. The van der Waals surface area contributed by atoms with Crippen LogP contribution in [0, 0.1) is 40.4 Å². The molecule has 316 valence electrons. The number of Topliss-reactive ketones (excluding diaryl/α,β-unsaturated/α-hetero) is 2. The number of nitrogens with one attached hydrogen (secondary N) is 1. The van der Waals surface area contributed by atoms with Crippen LogP contribution < -0.4 is 15.8 Å². The Morgan fingerprint density at radius 3 is 2.68 bits per heavy atom. The first-order valence-electron chi connectivity index (χ1n) is 22.5. The number of nitrogens with two attached hydrogens (primary N) is 1. The average Bonchev–Trinajstić information content (AvgIpc) is 3.94. The van der Waals surface area contributed by atoms with Gasteiger partial charge < -0.3 is 31.1 Å². The summed E-state index contributed by atoms with van der Waals surface area (Å²) in [5.74, 6) is 9.28. The number of phenolic OH excluding ortho intramolecular Hbond substituents is 1. The second kappa shape index (κ2) is 17.9. The highest BCUT2D eigenvalue weighted by atomic mass is 16.5. The number of methoxy groups -OCH3 is 1. The smallest absolute Gasteiger partial charge is 0.160 e. The predicted octanol–water partition coefficient (Wildman–Crippen LogP) is 6.75. The number of pyridine rings is 1. The molecule has 0 amide bonds. The van der Waals surface area contributed by atoms with Crippen molar-refractivity contribution in [2.45, 2.75) is 146 Å². The first kappa shape index (κ1) is 41.7. The van der Waals surface area contributed by atoms with Crippen LogP contribution in [0.25, 0.3) is 0 Å². The van der Waals surface area contributed by atoms with Gasteiger partial charge in [0.15, 0.2) is 17.3 Å². The molecule has 6 aliphatic rings. The van der Waals surface area contributed by atoms with Gasteiger partial charge in [0.1, 0.15) is 17.0 Å². The molecule has 59 heavy (non-hydrogen) atoms. The topological polar surface area (TPSA) is 167 Å². The highest BCUT2D eigenvalue weighted by Crippen LogP contribution is 2.55. The third kappa shape index (κ3) is 9.04. The molecular formula is C49H64N4O6. The average molecular weight is 805 g/mol. The van der Waals surface area contributed by atoms with Crippen LogP contribution in [-0.2, 0) is 28.9 Å². The van der Waals surface area contributed by atoms with E-state index in [1.807, 2.05) is 24.5 Å². The van der Waals surface area contributed by atoms with Crippen LogP contribution in [0.15, 0.2) is 41.0 Å². The SMILES string of the molecule is COc1cc2c(cc1O)[C@@H](CC[C@H](O)CCc1cc(N)ncc1CC1=CCN=C1)C#C[C@]1(CC[C@@H](CC3([C@H]4CN[C@@H]5CC(=O)CC[C@@H]5C4)CCCC3)C[C@H]1O)C(=O)CC2. The van der Waals surface area contributed by atoms with Crippen molar-refractivity contribution in [3.8, 4) is 23.3 Å². The van der Waals surface area contributed by atoms with Gasteiger partial charge in [-0.1, -0.05) is 30.8 Å². The lowest BCUT2D eigenvalue weighted by atomic mass is 9.58. The van der Waals surface area contributed by atoms with E-state index in [4.69, 9.17) is 10.5 Å². The van der Waals surface area contributed by atoms with Crippen molar-refractivity contribution in [1.82, 2.24) is 10.3 Å². The fourth-order valence-corrected chi connectivity index (χ4v) is 12.0. The van der Waals surface area contributed by atoms with Gasteiger partial charge in [0, 0.05) is 50.1 Å². The van der Waals surface area contributed by atoms with E-state index in [9.17, 15) is 24.9 Å². The molecule has 8 atom stereocenters. The van der Waals surface area contributed by atoms with Crippen molar-refractivity contribution < 1.29 is 29.6 Å². The Hall–Kier alpha value is -4.04. The Morgan fingerprint density at radius 1 is 1.05 bits per heavy atom. The predicted molar refractivity (Wildman–Crippen MR) is 229 cm³/mol. The molecule has 8 rings (SSSR count). The van der Waals surface area contributed by atoms with Crippen molar-refractivity contribution in [1.29, 1.82) is 0 Å². The van der Waals surface area contributed by atoms with Crippen LogP contribution in [0.4, 0.5) is 5.82 Å². The fraction of sp³-hybridized carbons (Fsp3) is 0.633. The number of allylic oxidation sites excluding steroid dienone is 1. The summed E-state index contributed by atoms with van der Waals surface area (Å²) in [7, 11) is 1.52. The molecular weight excluding hydrogens is 741 g/mol. The highest BCUT2D eigenvalue weighted by Gasteiger charge is 2.51. The Labute approximate surface area is 349 Å². The number of ketones is 2. The number of rotatable bonds is 12. The van der Waals surface area contributed by atoms with Gasteiger partial charge in [-0.05, 0) is 159 Å². The maximum Gasteiger partial charge on any atom is 0.160 e. The number of nitrogen functional groups attached to an aromatic ring is 1. The second-order valence-electron chi connectivity index (χ2n) is 19.0. The van der Waals surface area contributed by atoms with E-state index in [0.717, 1.165) is 60.1 Å². The number of aromatic hydroxyl groups is 1. The van der Waals surface area contributed by atoms with Crippen molar-refractivity contribution in [2.24, 2.45) is 33.6 Å². The van der Waals surface area contributed by atoms with Crippen LogP contribution in [0.1, 0.15) is 131 Å². The summed E-state index contributed by atoms with van der Waals surface area (Å²) in [6, 6.07) is 5.77. The zero-order chi connectivity index (χ0) is 41.1. The van der Waals surface area contributed by atoms with Crippen LogP contribution in [0.2, 0.25) is 0 Å². The van der Waals surface area contributed by atoms with E-state index in [-0.39, 0.29) is 29.3 Å². The quantitative estimate of drug-likeness (QED) is 0.146. The van der Waals surface area contributed by atoms with Crippen molar-refractivity contribution in [2.75, 3.05) is 25.9 Å². The maximum absolute atomic E-state index is 14.4. The fourth-order valence-electron chi connectivity index (χ4n) is 12.0. The summed E-state index contributed by atoms with van der Waals surface area (Å²) in [5, 5.41) is 38.3. The van der Waals surface area contributed by atoms with Gasteiger partial charge in [0.25, 0.3) is 0 Å². The van der Waals surface area contributed by atoms with E-state index >= 15 is 0 Å². The first-order chi connectivity index (χ1) is 28.5. The molecule has 1 aromatic carbocycles. The molecule has 6 N–H and O–H groups in total. The number of aromatic nitrogens is 1. The molecule has 2 aliphatic heterocycles. The van der Waals surface area contributed by atoms with Gasteiger partial charge in [-0.25, -0.2) is 4.98 Å². The minimum Gasteiger partial charge on any atom is -0.504 e. The number of fused-ring (bicyclic) bond motifs is 2. The lowest BCUT2D eigenvalue weighted by molar-refractivity contribution is -0.135. The monoisotopic (exact) mass is 804 g/mol. The van der Waals surface area contributed by atoms with E-state index < -0.39 is 17.6 Å². The van der Waals surface area contributed by atoms with Crippen molar-refractivity contribution >= 4 is 23.6 Å². The molecule has 0 bridgehead atoms. The number of hydrogen-bond donors (Lipinski definition) is 5. The molecule has 10 heteroatoms. The molecule has 10 nitrogen and oxygen atoms in total. The number of carbonyl (C=O) groups excluding carboxylic acids is 2. The molecule has 0 unspecified atom stereocenters. The lowest BCUT2D eigenvalue weighted by Crippen LogP contribution is -2.53. The van der Waals surface area contributed by atoms with Gasteiger partial charge >= 0.3 is 0 Å². The van der Waals surface area contributed by atoms with Crippen LogP contribution in [-0.4, -0.2) is 76.5 Å². The van der Waals surface area contributed by atoms with Gasteiger partial charge in [-0.3, -0.25) is 14.6 Å². The third-order valence-corrected chi connectivity index (χ3v) is 15.4. The van der Waals surface area contributed by atoms with Crippen molar-refractivity contribution in [3.05, 3.63) is 58.3 Å². The standard InChI is InChI=1S/C49H64N4O6/c1-59-44-23-35-7-11-45(57)49(17-12-31(21-46(49)58)27-48(15-2-3-16-48)38-22-36-6-10-40(55)25-42(36)52-30-38)18-13-33(41(35)26-43(44)56)4-8-39(54)9-5-34-24-47(50)53-29-37(34)20-32-14-19-51-28-32/h14,23-24,26,28-29,31,33,36,38-39,42,46,52,54,56,58H,2-12,15-17,19-22,25,27,30H2,1H3,(H2,50,53)/t31-,33+,36-,38-,39+,42-,46-,49-/m1/s1. The number of phenols is 1. The summed E-state index contributed by atoms with van der Waals surface area (Å²) >= 11 is 0. The van der Waals surface area contributed by atoms with E-state index in [0.29, 0.717) is 105 Å². The summed E-state index contributed by atoms with van der Waals surface area (Å²) in [6.07, 6.45) is 19.5. The summed E-state index contributed by atoms with van der Waals surface area (Å²) in [5.41, 5.74) is 10.2. The number of carbonyl (C=O) groups is 2. The number of anilines is 1. The van der Waals surface area contributed by atoms with Gasteiger partial charge in [0.2, 0.25) is 0 Å². The summed E-state index contributed by atoms with van der Waals surface area (Å²) in [4.78, 5) is 35.2. The second-order valence-corrected chi connectivity index (χ2v) is 19.0. The molecule has 1 saturated heterocycles. The van der Waals surface area contributed by atoms with Crippen molar-refractivity contribution in [3.63, 3.8) is 0 Å². The molecule has 3 saturated carbocycles. The van der Waals surface area contributed by atoms with Gasteiger partial charge in [-0.15, -0.1) is 0 Å². The highest BCUT2D eigenvalue weighted by molar-refractivity contribution is 5.89. The Morgan fingerprint density at radius 2 is 1.90 bits per heavy atom. The Balaban J connectivity index is 0.977. The molecule has 4 fully saturated rings. The number of hydrogen-bond acceptors (Lipinski definition) is 10. The number of aliphatic hydroxyl groups is 2. The van der Waals surface area contributed by atoms with Crippen LogP contribution >= 0.6 is 0 Å². The largest absolute Gasteiger partial charge is 0.504 e. The molecule has 4 aliphatic carbocycles. The molecule has 1 aromatic heterocycles. The molecule has 3 heterocycles. The number of benzene rings is 1. The minimum atomic E-state index is -1.14. The Kier molecular flexibility index (Phi) is 12.6. The van der Waals surface area contributed by atoms with E-state index in [1.54, 1.807) is 6.07 Å². The number of ether oxygens (including phenoxy) is 1. The lowest BCUT2D eigenvalue weighted by Gasteiger charge is -2.49. The van der Waals surface area contributed by atoms with Gasteiger partial charge in [0.05, 0.1) is 25.9 Å². The van der Waals surface area contributed by atoms with E-state index in [1.165, 1.54) is 39.2 Å². The minimum absolute atomic E-state index is 0.00774. The zero-order valence-electron chi connectivity index (χ0n) is 34.9. The number of aliphatic hydroxyl groups excluding tert-OH is 2. The van der Waals surface area contributed by atoms with Crippen LogP contribution in [0.3, 0.4) is 0 Å². The van der Waals surface area contributed by atoms with Crippen LogP contribution in [0.5, 0.6) is 11.5 Å². The number of piperidine rings is 1. The number of nitrogens with zero attached hydrogens (tertiary/aromatic N) is 2. The number of aliphatic imine (C=N–C) groups is 1. The number of aryl methyl sites for hydroxylation is 2. The maximum atomic E-state index is 14.4. The normalized spacial score (nSPS) is 30.7. The van der Waals surface area contributed by atoms with Gasteiger partial charge in [-0.2, -0.15) is 0 Å². The van der Waals surface area contributed by atoms with E-state index in [2.05, 4.69) is 33.2 Å².